The zero-order valence-electron chi connectivity index (χ0n) is 59.2. The monoisotopic (exact) mass is 1270 g/mol. The van der Waals surface area contributed by atoms with Crippen molar-refractivity contribution in [2.45, 2.75) is 298 Å². The molecule has 21 atom stereocenters. The summed E-state index contributed by atoms with van der Waals surface area (Å²) < 4.78 is 53.7. The molecule has 9 aliphatic rings. The maximum absolute atomic E-state index is 14.0. The second-order valence-corrected chi connectivity index (χ2v) is 35.3. The molecule has 9 N–H and O–H groups in total. The summed E-state index contributed by atoms with van der Waals surface area (Å²) >= 11 is 0. The first-order valence-corrected chi connectivity index (χ1v) is 38.6. The van der Waals surface area contributed by atoms with Crippen LogP contribution in [0, 0.1) is 101 Å². The van der Waals surface area contributed by atoms with E-state index in [0.717, 1.165) is 83.6 Å². The summed E-state index contributed by atoms with van der Waals surface area (Å²) in [6, 6.07) is 0.698. The number of carbonyl (C=O) groups is 1. The van der Waals surface area contributed by atoms with Crippen LogP contribution < -0.4 is 47.9 Å². The largest absolute Gasteiger partial charge is 0.500 e. The summed E-state index contributed by atoms with van der Waals surface area (Å²) in [5, 5.41) is 39.0. The van der Waals surface area contributed by atoms with Crippen LogP contribution in [0.4, 0.5) is 0 Å². The van der Waals surface area contributed by atoms with Gasteiger partial charge in [0.25, 0.3) is 0 Å². The molecule has 4 aliphatic carbocycles. The Kier molecular flexibility index (Phi) is 26.3. The van der Waals surface area contributed by atoms with Gasteiger partial charge in [-0.3, -0.25) is 47.3 Å². The van der Waals surface area contributed by atoms with Crippen LogP contribution in [-0.4, -0.2) is 154 Å². The maximum Gasteiger partial charge on any atom is 0.500 e. The highest BCUT2D eigenvalue weighted by Gasteiger charge is 2.61. The van der Waals surface area contributed by atoms with Crippen molar-refractivity contribution in [3.63, 3.8) is 0 Å². The van der Waals surface area contributed by atoms with Crippen LogP contribution in [-0.2, 0) is 41.8 Å². The average molecular weight is 1270 g/mol. The van der Waals surface area contributed by atoms with E-state index in [0.29, 0.717) is 90.7 Å². The number of carbonyl (C=O) groups excluding carboxylic acids is 1. The van der Waals surface area contributed by atoms with Crippen molar-refractivity contribution in [3.8, 4) is 0 Å². The standard InChI is InChI=1S/C70H133N9O9Si/c1-37(2)59(38(3)4)85-49-27-20-24-46-55(49)67-72-63(46)73-68-56-47(25-21-28-50(56)86-60(39(5)6)40(7)8)65(75-68)77-70-58-52(88-62(43(13)14)44(15)16)31-30-45(36-84-53(80)32-34-71-33-23-35-89(81-17,82-18)83-19)54(58)66(79-70)78-69-57-48(64(74-67)76-69)26-22-29-51(57)87-61(41(9)10)42(11)12/h37-52,54-79H,20-36H2,1-19H3. The third-order valence-electron chi connectivity index (χ3n) is 23.5. The first-order chi connectivity index (χ1) is 42.5. The smallest absolute Gasteiger partial charge is 0.465 e. The fourth-order valence-corrected chi connectivity index (χ4v) is 21.5. The second-order valence-electron chi connectivity index (χ2n) is 32.3. The molecule has 89 heavy (non-hydrogen) atoms. The zero-order chi connectivity index (χ0) is 64.2. The van der Waals surface area contributed by atoms with Crippen molar-refractivity contribution in [1.82, 2.24) is 47.9 Å². The molecular weight excluding hydrogens is 1140 g/mol. The molecule has 9 fully saturated rings. The van der Waals surface area contributed by atoms with E-state index in [4.69, 9.17) is 37.0 Å². The van der Waals surface area contributed by atoms with Crippen LogP contribution in [0.15, 0.2) is 0 Å². The average Bonchev–Trinajstić information content (AvgIpc) is 1.71. The first kappa shape index (κ1) is 72.3. The lowest BCUT2D eigenvalue weighted by Crippen LogP contribution is -2.62. The summed E-state index contributed by atoms with van der Waals surface area (Å²) in [4.78, 5) is 14.0. The molecule has 18 nitrogen and oxygen atoms in total. The van der Waals surface area contributed by atoms with Gasteiger partial charge in [-0.05, 0) is 135 Å². The van der Waals surface area contributed by atoms with Gasteiger partial charge in [0, 0.05) is 63.5 Å². The number of fused-ring (bicyclic) bond motifs is 20. The van der Waals surface area contributed by atoms with Gasteiger partial charge in [0.1, 0.15) is 0 Å². The first-order valence-electron chi connectivity index (χ1n) is 36.7. The molecule has 8 bridgehead atoms. The van der Waals surface area contributed by atoms with Crippen molar-refractivity contribution < 1.29 is 41.8 Å². The number of ether oxygens (including phenoxy) is 5. The number of esters is 1. The van der Waals surface area contributed by atoms with Crippen LogP contribution in [0.25, 0.3) is 0 Å². The molecule has 0 aromatic rings. The molecule has 0 aromatic carbocycles. The summed E-state index contributed by atoms with van der Waals surface area (Å²) in [6.07, 6.45) is 13.6. The molecule has 19 heteroatoms. The molecule has 4 saturated carbocycles. The molecule has 0 radical (unpaired) electrons. The van der Waals surface area contributed by atoms with E-state index in [2.05, 4.69) is 159 Å². The Balaban J connectivity index is 1.10. The maximum atomic E-state index is 14.0. The van der Waals surface area contributed by atoms with Crippen LogP contribution in [0.3, 0.4) is 0 Å². The second kappa shape index (κ2) is 32.4. The Bertz CT molecular complexity index is 2100. The van der Waals surface area contributed by atoms with Crippen LogP contribution in [0.1, 0.15) is 194 Å². The quantitative estimate of drug-likeness (QED) is 0.0204. The SMILES string of the molecule is CO[Si](CCCNCCC(=O)OCC1CCC(OC(C(C)C)C(C)C)C2C3NC4NC(NC5NC(NC6NC(NC(N3)C12)C1C(OC(C(C)C)C(C)C)CCCC61)C1C(OC(C(C)C)C(C)C)CCCC51)C1C(OC(C(C)C)C(C)C)CCCC41)(OC)OC. The van der Waals surface area contributed by atoms with Crippen molar-refractivity contribution in [1.29, 1.82) is 0 Å². The van der Waals surface area contributed by atoms with E-state index in [1.165, 1.54) is 0 Å². The molecule has 9 rings (SSSR count). The Morgan fingerprint density at radius 1 is 0.393 bits per heavy atom. The summed E-state index contributed by atoms with van der Waals surface area (Å²) in [6.45, 7) is 39.1. The highest BCUT2D eigenvalue weighted by atomic mass is 28.4. The highest BCUT2D eigenvalue weighted by Crippen LogP contribution is 2.50. The van der Waals surface area contributed by atoms with Gasteiger partial charge in [-0.25, -0.2) is 0 Å². The van der Waals surface area contributed by atoms with Gasteiger partial charge in [0.05, 0.1) is 111 Å². The summed E-state index contributed by atoms with van der Waals surface area (Å²) in [5.41, 5.74) is 0. The minimum absolute atomic E-state index is 0.00440. The van der Waals surface area contributed by atoms with Crippen LogP contribution in [0.2, 0.25) is 6.04 Å². The highest BCUT2D eigenvalue weighted by molar-refractivity contribution is 6.60. The molecule has 516 valence electrons. The van der Waals surface area contributed by atoms with Gasteiger partial charge in [0.2, 0.25) is 0 Å². The predicted molar refractivity (Wildman–Crippen MR) is 356 cm³/mol. The molecule has 21 unspecified atom stereocenters. The molecule has 5 heterocycles. The van der Waals surface area contributed by atoms with E-state index in [-0.39, 0.29) is 140 Å². The lowest BCUT2D eigenvalue weighted by molar-refractivity contribution is -0.150. The fraction of sp³-hybridized carbons (Fsp3) is 0.986. The molecule has 0 aromatic heterocycles. The molecule has 5 aliphatic heterocycles. The Hall–Kier alpha value is -0.953. The minimum Gasteiger partial charge on any atom is -0.465 e. The summed E-state index contributed by atoms with van der Waals surface area (Å²) in [7, 11) is 2.29. The molecule has 0 spiro atoms. The number of hydrogen-bond acceptors (Lipinski definition) is 18. The van der Waals surface area contributed by atoms with Crippen molar-refractivity contribution in [2.75, 3.05) is 41.0 Å². The van der Waals surface area contributed by atoms with Crippen molar-refractivity contribution in [2.24, 2.45) is 101 Å². The Labute approximate surface area is 542 Å². The van der Waals surface area contributed by atoms with E-state index in [9.17, 15) is 4.79 Å². The lowest BCUT2D eigenvalue weighted by atomic mass is 9.69. The predicted octanol–water partition coefficient (Wildman–Crippen LogP) is 9.33. The Morgan fingerprint density at radius 2 is 0.708 bits per heavy atom. The lowest BCUT2D eigenvalue weighted by Gasteiger charge is -2.45. The number of hydrogen-bond donors (Lipinski definition) is 9. The third-order valence-corrected chi connectivity index (χ3v) is 26.3. The van der Waals surface area contributed by atoms with Gasteiger partial charge >= 0.3 is 14.8 Å². The zero-order valence-corrected chi connectivity index (χ0v) is 60.2. The van der Waals surface area contributed by atoms with Gasteiger partial charge in [-0.2, -0.15) is 0 Å². The fourth-order valence-electron chi connectivity index (χ4n) is 19.8. The van der Waals surface area contributed by atoms with E-state index >= 15 is 0 Å². The molecule has 5 saturated heterocycles. The van der Waals surface area contributed by atoms with Crippen molar-refractivity contribution in [3.05, 3.63) is 0 Å². The van der Waals surface area contributed by atoms with Gasteiger partial charge in [0.15, 0.2) is 0 Å². The van der Waals surface area contributed by atoms with Gasteiger partial charge in [-0.15, -0.1) is 0 Å². The van der Waals surface area contributed by atoms with Crippen LogP contribution in [0.5, 0.6) is 0 Å². The topological polar surface area (TPSA) is 199 Å². The normalized spacial score (nSPS) is 37.6. The third kappa shape index (κ3) is 16.7. The minimum atomic E-state index is -2.67. The molecular formula is C70H133N9O9Si. The number of rotatable bonds is 28. The molecule has 0 amide bonds. The van der Waals surface area contributed by atoms with Gasteiger partial charge in [-0.1, -0.05) is 130 Å². The number of nitrogens with one attached hydrogen (secondary N) is 9. The van der Waals surface area contributed by atoms with E-state index in [1.807, 2.05) is 0 Å². The van der Waals surface area contributed by atoms with Crippen LogP contribution >= 0.6 is 0 Å². The van der Waals surface area contributed by atoms with Gasteiger partial charge < -0.3 is 42.3 Å². The Morgan fingerprint density at radius 3 is 1.04 bits per heavy atom. The van der Waals surface area contributed by atoms with Crippen molar-refractivity contribution >= 4 is 14.8 Å². The summed E-state index contributed by atoms with van der Waals surface area (Å²) in [5.74, 6) is 5.00. The van der Waals surface area contributed by atoms with E-state index in [1.54, 1.807) is 21.3 Å². The van der Waals surface area contributed by atoms with E-state index < -0.39 is 8.80 Å².